The molecular weight excluding hydrogens is 256 g/mol. The molecule has 0 spiro atoms. The van der Waals surface area contributed by atoms with Crippen molar-refractivity contribution in [3.8, 4) is 11.5 Å². The van der Waals surface area contributed by atoms with Crippen LogP contribution in [0.25, 0.3) is 0 Å². The number of methoxy groups -OCH3 is 2. The van der Waals surface area contributed by atoms with Crippen molar-refractivity contribution in [3.05, 3.63) is 23.8 Å². The average molecular weight is 280 g/mol. The third-order valence-electron chi connectivity index (χ3n) is 3.71. The van der Waals surface area contributed by atoms with Crippen LogP contribution in [0.15, 0.2) is 18.2 Å². The van der Waals surface area contributed by atoms with Crippen LogP contribution in [0.4, 0.5) is 0 Å². The Morgan fingerprint density at radius 2 is 2.00 bits per heavy atom. The second kappa shape index (κ2) is 7.47. The predicted molar refractivity (Wildman–Crippen MR) is 78.6 cm³/mol. The van der Waals surface area contributed by atoms with E-state index in [0.717, 1.165) is 49.9 Å². The predicted octanol–water partition coefficient (Wildman–Crippen LogP) is 1.30. The average Bonchev–Trinajstić information content (AvgIpc) is 2.53. The summed E-state index contributed by atoms with van der Waals surface area (Å²) in [4.78, 5) is 2.41. The summed E-state index contributed by atoms with van der Waals surface area (Å²) in [5.74, 6) is 1.74. The Labute approximate surface area is 120 Å². The molecule has 1 fully saturated rings. The topological polar surface area (TPSA) is 43.0 Å². The van der Waals surface area contributed by atoms with E-state index in [4.69, 9.17) is 14.2 Å². The first-order chi connectivity index (χ1) is 9.78. The number of benzene rings is 1. The lowest BCUT2D eigenvalue weighted by atomic mass is 10.0. The summed E-state index contributed by atoms with van der Waals surface area (Å²) in [6, 6.07) is 6.13. The van der Waals surface area contributed by atoms with E-state index in [9.17, 15) is 0 Å². The normalized spacial score (nSPS) is 17.8. The van der Waals surface area contributed by atoms with Crippen molar-refractivity contribution in [2.45, 2.75) is 6.04 Å². The Hall–Kier alpha value is -1.30. The van der Waals surface area contributed by atoms with Gasteiger partial charge in [-0.1, -0.05) is 0 Å². The molecule has 1 aliphatic rings. The van der Waals surface area contributed by atoms with Gasteiger partial charge in [-0.25, -0.2) is 0 Å². The highest BCUT2D eigenvalue weighted by Gasteiger charge is 2.20. The monoisotopic (exact) mass is 280 g/mol. The second-order valence-corrected chi connectivity index (χ2v) is 4.86. The van der Waals surface area contributed by atoms with Crippen LogP contribution in [0.5, 0.6) is 11.5 Å². The van der Waals surface area contributed by atoms with Gasteiger partial charge in [-0.3, -0.25) is 4.90 Å². The molecule has 0 saturated carbocycles. The number of nitrogens with one attached hydrogen (secondary N) is 1. The van der Waals surface area contributed by atoms with E-state index in [1.54, 1.807) is 14.2 Å². The second-order valence-electron chi connectivity index (χ2n) is 4.86. The van der Waals surface area contributed by atoms with Crippen molar-refractivity contribution in [1.82, 2.24) is 10.2 Å². The number of hydrogen-bond donors (Lipinski definition) is 1. The Morgan fingerprint density at radius 1 is 1.25 bits per heavy atom. The summed E-state index contributed by atoms with van der Waals surface area (Å²) in [7, 11) is 5.36. The van der Waals surface area contributed by atoms with E-state index < -0.39 is 0 Å². The molecule has 112 valence electrons. The van der Waals surface area contributed by atoms with Crippen molar-refractivity contribution in [2.24, 2.45) is 0 Å². The third-order valence-corrected chi connectivity index (χ3v) is 3.71. The Bertz CT molecular complexity index is 420. The quantitative estimate of drug-likeness (QED) is 0.851. The number of morpholine rings is 1. The molecule has 0 aromatic heterocycles. The summed E-state index contributed by atoms with van der Waals surface area (Å²) in [5, 5.41) is 3.37. The number of ether oxygens (including phenoxy) is 3. The highest BCUT2D eigenvalue weighted by Crippen LogP contribution is 2.29. The fourth-order valence-electron chi connectivity index (χ4n) is 2.50. The zero-order chi connectivity index (χ0) is 14.4. The molecule has 1 N–H and O–H groups in total. The fourth-order valence-corrected chi connectivity index (χ4v) is 2.50. The molecule has 1 atom stereocenters. The number of likely N-dealkylation sites (N-methyl/N-ethyl adjacent to an activating group) is 1. The lowest BCUT2D eigenvalue weighted by molar-refractivity contribution is 0.0337. The molecule has 1 saturated heterocycles. The van der Waals surface area contributed by atoms with E-state index in [2.05, 4.69) is 10.2 Å². The van der Waals surface area contributed by atoms with Gasteiger partial charge < -0.3 is 19.5 Å². The molecule has 20 heavy (non-hydrogen) atoms. The van der Waals surface area contributed by atoms with Crippen LogP contribution >= 0.6 is 0 Å². The van der Waals surface area contributed by atoms with Gasteiger partial charge in [0.2, 0.25) is 0 Å². The lowest BCUT2D eigenvalue weighted by Crippen LogP contribution is -2.41. The highest BCUT2D eigenvalue weighted by molar-refractivity contribution is 5.42. The molecule has 1 unspecified atom stereocenters. The summed E-state index contributed by atoms with van der Waals surface area (Å²) >= 11 is 0. The van der Waals surface area contributed by atoms with Gasteiger partial charge in [0.15, 0.2) is 0 Å². The van der Waals surface area contributed by atoms with Crippen LogP contribution in [0.1, 0.15) is 11.6 Å². The first-order valence-electron chi connectivity index (χ1n) is 6.97. The van der Waals surface area contributed by atoms with Gasteiger partial charge in [0.05, 0.1) is 27.4 Å². The molecule has 1 aromatic rings. The Kier molecular flexibility index (Phi) is 5.64. The molecule has 5 heteroatoms. The number of nitrogens with zero attached hydrogens (tertiary/aromatic N) is 1. The van der Waals surface area contributed by atoms with Gasteiger partial charge >= 0.3 is 0 Å². The first-order valence-corrected chi connectivity index (χ1v) is 6.97. The highest BCUT2D eigenvalue weighted by atomic mass is 16.5. The molecule has 1 heterocycles. The van der Waals surface area contributed by atoms with E-state index >= 15 is 0 Å². The molecule has 0 aliphatic carbocycles. The van der Waals surface area contributed by atoms with Crippen LogP contribution in [0.2, 0.25) is 0 Å². The molecule has 0 bridgehead atoms. The Balaban J connectivity index is 2.16. The van der Waals surface area contributed by atoms with Crippen molar-refractivity contribution in [3.63, 3.8) is 0 Å². The van der Waals surface area contributed by atoms with Crippen LogP contribution in [0.3, 0.4) is 0 Å². The zero-order valence-corrected chi connectivity index (χ0v) is 12.5. The maximum Gasteiger partial charge on any atom is 0.123 e. The lowest BCUT2D eigenvalue weighted by Gasteiger charge is -2.31. The van der Waals surface area contributed by atoms with Gasteiger partial charge in [0, 0.05) is 31.2 Å². The summed E-state index contributed by atoms with van der Waals surface area (Å²) in [6.45, 7) is 4.51. The van der Waals surface area contributed by atoms with E-state index in [1.165, 1.54) is 0 Å². The van der Waals surface area contributed by atoms with Gasteiger partial charge in [-0.05, 0) is 25.2 Å². The van der Waals surface area contributed by atoms with Gasteiger partial charge in [0.1, 0.15) is 11.5 Å². The summed E-state index contributed by atoms with van der Waals surface area (Å²) in [6.07, 6.45) is 0. The maximum atomic E-state index is 5.48. The molecule has 1 aromatic carbocycles. The minimum atomic E-state index is 0.207. The number of hydrogen-bond acceptors (Lipinski definition) is 5. The minimum Gasteiger partial charge on any atom is -0.497 e. The third kappa shape index (κ3) is 3.62. The van der Waals surface area contributed by atoms with E-state index in [1.807, 2.05) is 25.2 Å². The van der Waals surface area contributed by atoms with E-state index in [0.29, 0.717) is 0 Å². The molecular formula is C15H24N2O3. The first kappa shape index (κ1) is 15.1. The molecule has 0 amide bonds. The summed E-state index contributed by atoms with van der Waals surface area (Å²) < 4.78 is 16.2. The Morgan fingerprint density at radius 3 is 2.60 bits per heavy atom. The van der Waals surface area contributed by atoms with Crippen molar-refractivity contribution in [2.75, 3.05) is 54.1 Å². The SMILES string of the molecule is CNC(CN1CCOCC1)c1cc(OC)ccc1OC. The molecule has 5 nitrogen and oxygen atoms in total. The van der Waals surface area contributed by atoms with Crippen LogP contribution in [0, 0.1) is 0 Å². The zero-order valence-electron chi connectivity index (χ0n) is 12.5. The molecule has 0 radical (unpaired) electrons. The van der Waals surface area contributed by atoms with E-state index in [-0.39, 0.29) is 6.04 Å². The smallest absolute Gasteiger partial charge is 0.123 e. The van der Waals surface area contributed by atoms with Gasteiger partial charge in [-0.2, -0.15) is 0 Å². The maximum absolute atomic E-state index is 5.48. The van der Waals surface area contributed by atoms with Crippen molar-refractivity contribution < 1.29 is 14.2 Å². The van der Waals surface area contributed by atoms with Crippen LogP contribution in [-0.4, -0.2) is 59.0 Å². The molecule has 1 aliphatic heterocycles. The summed E-state index contributed by atoms with van der Waals surface area (Å²) in [5.41, 5.74) is 1.13. The van der Waals surface area contributed by atoms with Gasteiger partial charge in [0.25, 0.3) is 0 Å². The van der Waals surface area contributed by atoms with Crippen LogP contribution in [-0.2, 0) is 4.74 Å². The standard InChI is InChI=1S/C15H24N2O3/c1-16-14(11-17-6-8-20-9-7-17)13-10-12(18-2)4-5-15(13)19-3/h4-5,10,14,16H,6-9,11H2,1-3H3. The fraction of sp³-hybridized carbons (Fsp3) is 0.600. The minimum absolute atomic E-state index is 0.207. The van der Waals surface area contributed by atoms with Crippen molar-refractivity contribution >= 4 is 0 Å². The van der Waals surface area contributed by atoms with Gasteiger partial charge in [-0.15, -0.1) is 0 Å². The molecule has 2 rings (SSSR count). The number of rotatable bonds is 6. The van der Waals surface area contributed by atoms with Crippen LogP contribution < -0.4 is 14.8 Å². The largest absolute Gasteiger partial charge is 0.497 e. The van der Waals surface area contributed by atoms with Crippen molar-refractivity contribution in [1.29, 1.82) is 0 Å².